The highest BCUT2D eigenvalue weighted by Gasteiger charge is 2.29. The van der Waals surface area contributed by atoms with Gasteiger partial charge in [-0.3, -0.25) is 4.72 Å². The molecule has 0 spiro atoms. The van der Waals surface area contributed by atoms with Crippen LogP contribution < -0.4 is 4.72 Å². The summed E-state index contributed by atoms with van der Waals surface area (Å²) in [6.07, 6.45) is 3.76. The van der Waals surface area contributed by atoms with E-state index in [9.17, 15) is 12.8 Å². The molecule has 0 atom stereocenters. The van der Waals surface area contributed by atoms with E-state index in [0.717, 1.165) is 24.2 Å². The lowest BCUT2D eigenvalue weighted by molar-refractivity contribution is 0.510. The molecule has 1 fully saturated rings. The third-order valence-electron chi connectivity index (χ3n) is 3.71. The van der Waals surface area contributed by atoms with Crippen LogP contribution in [0.4, 0.5) is 10.1 Å². The van der Waals surface area contributed by atoms with Crippen molar-refractivity contribution in [2.24, 2.45) is 0 Å². The number of halogens is 2. The summed E-state index contributed by atoms with van der Waals surface area (Å²) in [6, 6.07) is 7.26. The minimum absolute atomic E-state index is 0.0780. The Kier molecular flexibility index (Phi) is 4.17. The number of benzene rings is 1. The first kappa shape index (κ1) is 16.7. The van der Waals surface area contributed by atoms with Crippen molar-refractivity contribution in [1.29, 1.82) is 0 Å². The fourth-order valence-electron chi connectivity index (χ4n) is 2.28. The van der Waals surface area contributed by atoms with Crippen LogP contribution in [0.25, 0.3) is 10.6 Å². The first-order valence-electron chi connectivity index (χ1n) is 7.46. The number of oxazole rings is 1. The summed E-state index contributed by atoms with van der Waals surface area (Å²) in [6.45, 7) is 0. The molecule has 1 aromatic carbocycles. The van der Waals surface area contributed by atoms with Gasteiger partial charge in [-0.25, -0.2) is 17.8 Å². The number of nitrogens with one attached hydrogen (secondary N) is 1. The minimum Gasteiger partial charge on any atom is -0.440 e. The van der Waals surface area contributed by atoms with Crippen LogP contribution in [-0.2, 0) is 10.0 Å². The van der Waals surface area contributed by atoms with Gasteiger partial charge in [-0.1, -0.05) is 15.9 Å². The molecule has 130 valence electrons. The Morgan fingerprint density at radius 1 is 1.28 bits per heavy atom. The quantitative estimate of drug-likeness (QED) is 0.604. The maximum atomic E-state index is 13.9. The molecule has 0 unspecified atom stereocenters. The van der Waals surface area contributed by atoms with E-state index in [1.54, 1.807) is 18.3 Å². The summed E-state index contributed by atoms with van der Waals surface area (Å²) in [5, 5.41) is 0. The van der Waals surface area contributed by atoms with E-state index in [1.807, 2.05) is 0 Å². The van der Waals surface area contributed by atoms with Crippen molar-refractivity contribution < 1.29 is 17.2 Å². The molecule has 0 amide bonds. The van der Waals surface area contributed by atoms with Gasteiger partial charge in [0.05, 0.1) is 16.8 Å². The second-order valence-corrected chi connectivity index (χ2v) is 9.59. The molecule has 3 aromatic rings. The van der Waals surface area contributed by atoms with Crippen LogP contribution >= 0.6 is 27.3 Å². The van der Waals surface area contributed by atoms with Gasteiger partial charge in [0.1, 0.15) is 10.0 Å². The van der Waals surface area contributed by atoms with Crippen LogP contribution in [0.2, 0.25) is 0 Å². The van der Waals surface area contributed by atoms with E-state index in [0.29, 0.717) is 26.9 Å². The summed E-state index contributed by atoms with van der Waals surface area (Å²) >= 11 is 4.19. The molecule has 1 N–H and O–H groups in total. The first-order valence-corrected chi connectivity index (χ1v) is 10.6. The van der Waals surface area contributed by atoms with Crippen LogP contribution in [0.3, 0.4) is 0 Å². The molecular formula is C16H12BrFN2O3S2. The highest BCUT2D eigenvalue weighted by Crippen LogP contribution is 2.41. The molecule has 0 bridgehead atoms. The zero-order valence-electron chi connectivity index (χ0n) is 12.7. The van der Waals surface area contributed by atoms with E-state index in [4.69, 9.17) is 4.42 Å². The second kappa shape index (κ2) is 6.22. The van der Waals surface area contributed by atoms with Crippen LogP contribution in [0.15, 0.2) is 49.6 Å². The number of nitrogens with zero attached hydrogens (tertiary/aromatic N) is 1. The molecule has 0 radical (unpaired) electrons. The van der Waals surface area contributed by atoms with Crippen molar-refractivity contribution in [3.63, 3.8) is 0 Å². The van der Waals surface area contributed by atoms with Crippen LogP contribution in [0, 0.1) is 5.82 Å². The van der Waals surface area contributed by atoms with Crippen molar-refractivity contribution >= 4 is 43.0 Å². The fourth-order valence-corrected chi connectivity index (χ4v) is 4.94. The molecule has 9 heteroatoms. The van der Waals surface area contributed by atoms with Gasteiger partial charge in [0.2, 0.25) is 0 Å². The van der Waals surface area contributed by atoms with E-state index in [1.165, 1.54) is 18.2 Å². The Bertz CT molecular complexity index is 1040. The molecule has 0 aliphatic heterocycles. The van der Waals surface area contributed by atoms with Gasteiger partial charge in [-0.15, -0.1) is 11.3 Å². The second-order valence-electron chi connectivity index (χ2n) is 5.69. The zero-order valence-corrected chi connectivity index (χ0v) is 15.9. The highest BCUT2D eigenvalue weighted by atomic mass is 79.9. The molecule has 0 saturated heterocycles. The Hall–Kier alpha value is -1.71. The molecule has 4 rings (SSSR count). The summed E-state index contributed by atoms with van der Waals surface area (Å²) in [5.74, 6) is 0.976. The van der Waals surface area contributed by atoms with Gasteiger partial charge in [0, 0.05) is 10.4 Å². The molecule has 1 aliphatic rings. The van der Waals surface area contributed by atoms with Crippen LogP contribution in [0.5, 0.6) is 0 Å². The standard InChI is InChI=1S/C16H12BrFN2O3S2/c17-10-3-4-12(11(18)7-10)20-25(21,22)15-6-5-14(24-15)13-8-19-16(23-13)9-1-2-9/h3-9,20H,1-2H2. The van der Waals surface area contributed by atoms with E-state index >= 15 is 0 Å². The number of hydrogen-bond donors (Lipinski definition) is 1. The van der Waals surface area contributed by atoms with Crippen molar-refractivity contribution in [3.8, 4) is 10.6 Å². The Morgan fingerprint density at radius 2 is 2.08 bits per heavy atom. The van der Waals surface area contributed by atoms with Gasteiger partial charge in [-0.05, 0) is 43.2 Å². The molecule has 1 saturated carbocycles. The highest BCUT2D eigenvalue weighted by molar-refractivity contribution is 9.10. The van der Waals surface area contributed by atoms with Crippen LogP contribution in [0.1, 0.15) is 24.7 Å². The van der Waals surface area contributed by atoms with Gasteiger partial charge in [0.15, 0.2) is 11.7 Å². The number of rotatable bonds is 5. The van der Waals surface area contributed by atoms with Gasteiger partial charge < -0.3 is 4.42 Å². The third kappa shape index (κ3) is 3.49. The lowest BCUT2D eigenvalue weighted by atomic mass is 10.3. The van der Waals surface area contributed by atoms with Crippen LogP contribution in [-0.4, -0.2) is 13.4 Å². The number of thiophene rings is 1. The largest absolute Gasteiger partial charge is 0.440 e. The Balaban J connectivity index is 1.59. The predicted molar refractivity (Wildman–Crippen MR) is 96.7 cm³/mol. The summed E-state index contributed by atoms with van der Waals surface area (Å²) < 4.78 is 47.4. The number of anilines is 1. The molecule has 2 heterocycles. The van der Waals surface area contributed by atoms with Crippen molar-refractivity contribution in [2.75, 3.05) is 4.72 Å². The maximum Gasteiger partial charge on any atom is 0.271 e. The summed E-state index contributed by atoms with van der Waals surface area (Å²) in [5.41, 5.74) is -0.103. The number of hydrogen-bond acceptors (Lipinski definition) is 5. The van der Waals surface area contributed by atoms with Gasteiger partial charge in [0.25, 0.3) is 10.0 Å². The zero-order chi connectivity index (χ0) is 17.6. The molecule has 5 nitrogen and oxygen atoms in total. The van der Waals surface area contributed by atoms with Crippen molar-refractivity contribution in [2.45, 2.75) is 23.0 Å². The van der Waals surface area contributed by atoms with Crippen molar-refractivity contribution in [1.82, 2.24) is 4.98 Å². The predicted octanol–water partition coefficient (Wildman–Crippen LogP) is 4.98. The molecular weight excluding hydrogens is 431 g/mol. The van der Waals surface area contributed by atoms with Gasteiger partial charge in [-0.2, -0.15) is 0 Å². The average molecular weight is 443 g/mol. The van der Waals surface area contributed by atoms with Crippen molar-refractivity contribution in [3.05, 3.63) is 52.7 Å². The maximum absolute atomic E-state index is 13.9. The van der Waals surface area contributed by atoms with E-state index in [-0.39, 0.29) is 9.90 Å². The monoisotopic (exact) mass is 442 g/mol. The average Bonchev–Trinajstić information content (AvgIpc) is 3.09. The number of aromatic nitrogens is 1. The first-order chi connectivity index (χ1) is 11.9. The lowest BCUT2D eigenvalue weighted by Crippen LogP contribution is -2.12. The Labute approximate surface area is 156 Å². The summed E-state index contributed by atoms with van der Waals surface area (Å²) in [4.78, 5) is 4.90. The molecule has 25 heavy (non-hydrogen) atoms. The minimum atomic E-state index is -3.88. The topological polar surface area (TPSA) is 72.2 Å². The number of sulfonamides is 1. The lowest BCUT2D eigenvalue weighted by Gasteiger charge is -2.07. The smallest absolute Gasteiger partial charge is 0.271 e. The summed E-state index contributed by atoms with van der Waals surface area (Å²) in [7, 11) is -3.88. The fraction of sp³-hybridized carbons (Fsp3) is 0.188. The van der Waals surface area contributed by atoms with E-state index < -0.39 is 15.8 Å². The van der Waals surface area contributed by atoms with E-state index in [2.05, 4.69) is 25.6 Å². The Morgan fingerprint density at radius 3 is 2.80 bits per heavy atom. The molecule has 1 aliphatic carbocycles. The molecule has 2 aromatic heterocycles. The SMILES string of the molecule is O=S(=O)(Nc1ccc(Br)cc1F)c1ccc(-c2cnc(C3CC3)o2)s1. The third-order valence-corrected chi connectivity index (χ3v) is 7.17. The van der Waals surface area contributed by atoms with Gasteiger partial charge >= 0.3 is 0 Å². The normalized spacial score (nSPS) is 14.6.